The molecule has 0 bridgehead atoms. The van der Waals surface area contributed by atoms with Gasteiger partial charge < -0.3 is 4.74 Å². The van der Waals surface area contributed by atoms with Crippen LogP contribution in [-0.4, -0.2) is 13.3 Å². The zero-order valence-corrected chi connectivity index (χ0v) is 18.3. The Hall–Kier alpha value is -2.64. The normalized spacial score (nSPS) is 16.7. The van der Waals surface area contributed by atoms with Crippen molar-refractivity contribution in [3.05, 3.63) is 58.0 Å². The summed E-state index contributed by atoms with van der Waals surface area (Å²) >= 11 is 1.69. The van der Waals surface area contributed by atoms with Gasteiger partial charge in [0.15, 0.2) is 0 Å². The smallest absolute Gasteiger partial charge is 0.134 e. The maximum Gasteiger partial charge on any atom is 0.134 e. The van der Waals surface area contributed by atoms with Crippen molar-refractivity contribution in [1.82, 2.24) is 0 Å². The summed E-state index contributed by atoms with van der Waals surface area (Å²) in [6.45, 7) is 6.94. The van der Waals surface area contributed by atoms with Gasteiger partial charge in [-0.25, -0.2) is 4.99 Å². The Balaban J connectivity index is 1.71. The van der Waals surface area contributed by atoms with Gasteiger partial charge in [0.05, 0.1) is 12.7 Å². The van der Waals surface area contributed by atoms with Crippen LogP contribution in [0.15, 0.2) is 41.4 Å². The molecule has 0 N–H and O–H groups in total. The maximum atomic E-state index is 9.79. The van der Waals surface area contributed by atoms with E-state index in [1.807, 2.05) is 30.5 Å². The summed E-state index contributed by atoms with van der Waals surface area (Å²) in [5.74, 6) is 1.51. The van der Waals surface area contributed by atoms with Crippen molar-refractivity contribution >= 4 is 33.3 Å². The van der Waals surface area contributed by atoms with E-state index in [-0.39, 0.29) is 0 Å². The second-order valence-electron chi connectivity index (χ2n) is 8.76. The first kappa shape index (κ1) is 19.7. The van der Waals surface area contributed by atoms with E-state index in [9.17, 15) is 5.26 Å². The molecule has 0 fully saturated rings. The van der Waals surface area contributed by atoms with Crippen molar-refractivity contribution in [2.75, 3.05) is 7.11 Å². The minimum Gasteiger partial charge on any atom is -0.496 e. The number of fused-ring (bicyclic) bond motifs is 2. The van der Waals surface area contributed by atoms with Crippen LogP contribution in [0.1, 0.15) is 48.8 Å². The van der Waals surface area contributed by atoms with Crippen molar-refractivity contribution in [2.24, 2.45) is 16.3 Å². The Morgan fingerprint density at radius 3 is 2.62 bits per heavy atom. The standard InChI is InChI=1S/C25H26N2OS/c1-25(2,3)17-10-11-20-21(14-26)24(29-23(20)13-17)27-15-16-9-12-22(28-4)19-8-6-5-7-18(16)19/h5-9,12,15,17H,10-11,13H2,1-4H3/t17-/m0/s1. The molecule has 148 valence electrons. The topological polar surface area (TPSA) is 45.4 Å². The molecule has 2 aromatic carbocycles. The summed E-state index contributed by atoms with van der Waals surface area (Å²) in [4.78, 5) is 6.12. The maximum absolute atomic E-state index is 9.79. The van der Waals surface area contributed by atoms with Crippen molar-refractivity contribution in [1.29, 1.82) is 5.26 Å². The molecule has 0 unspecified atom stereocenters. The SMILES string of the molecule is COc1ccc(C=Nc2sc3c(c2C#N)CC[C@H](C(C)(C)C)C3)c2ccccc12. The molecule has 1 aromatic heterocycles. The molecule has 0 saturated heterocycles. The van der Waals surface area contributed by atoms with Gasteiger partial charge in [-0.3, -0.25) is 0 Å². The minimum absolute atomic E-state index is 0.292. The molecule has 3 nitrogen and oxygen atoms in total. The van der Waals surface area contributed by atoms with Gasteiger partial charge in [-0.1, -0.05) is 45.0 Å². The number of hydrogen-bond acceptors (Lipinski definition) is 4. The monoisotopic (exact) mass is 402 g/mol. The zero-order valence-electron chi connectivity index (χ0n) is 17.5. The molecule has 0 amide bonds. The number of rotatable bonds is 3. The minimum atomic E-state index is 0.292. The van der Waals surface area contributed by atoms with Crippen LogP contribution in [0.5, 0.6) is 5.75 Å². The molecule has 0 spiro atoms. The van der Waals surface area contributed by atoms with Gasteiger partial charge in [0.2, 0.25) is 0 Å². The molecule has 1 heterocycles. The van der Waals surface area contributed by atoms with Crippen molar-refractivity contribution in [2.45, 2.75) is 40.0 Å². The van der Waals surface area contributed by atoms with E-state index in [1.165, 1.54) is 10.4 Å². The van der Waals surface area contributed by atoms with Crippen molar-refractivity contribution in [3.63, 3.8) is 0 Å². The van der Waals surface area contributed by atoms with Crippen molar-refractivity contribution in [3.8, 4) is 11.8 Å². The number of nitrogens with zero attached hydrogens (tertiary/aromatic N) is 2. The first-order chi connectivity index (χ1) is 13.9. The number of thiophene rings is 1. The van der Waals surface area contributed by atoms with Crippen LogP contribution in [0.4, 0.5) is 5.00 Å². The number of ether oxygens (including phenoxy) is 1. The predicted molar refractivity (Wildman–Crippen MR) is 122 cm³/mol. The molecule has 29 heavy (non-hydrogen) atoms. The summed E-state index contributed by atoms with van der Waals surface area (Å²) in [6, 6.07) is 14.6. The lowest BCUT2D eigenvalue weighted by Crippen LogP contribution is -2.26. The van der Waals surface area contributed by atoms with Gasteiger partial charge in [-0.2, -0.15) is 5.26 Å². The van der Waals surface area contributed by atoms with Crippen LogP contribution in [0.2, 0.25) is 0 Å². The van der Waals surface area contributed by atoms with E-state index in [0.29, 0.717) is 11.3 Å². The van der Waals surface area contributed by atoms with Gasteiger partial charge >= 0.3 is 0 Å². The summed E-state index contributed by atoms with van der Waals surface area (Å²) in [5.41, 5.74) is 3.32. The highest BCUT2D eigenvalue weighted by Gasteiger charge is 2.32. The van der Waals surface area contributed by atoms with E-state index in [0.717, 1.165) is 51.9 Å². The van der Waals surface area contributed by atoms with Crippen LogP contribution in [0.25, 0.3) is 10.8 Å². The second kappa shape index (κ2) is 7.65. The van der Waals surface area contributed by atoms with Crippen LogP contribution >= 0.6 is 11.3 Å². The Labute approximate surface area is 176 Å². The first-order valence-electron chi connectivity index (χ1n) is 10.1. The number of nitriles is 1. The van der Waals surface area contributed by atoms with Crippen LogP contribution in [-0.2, 0) is 12.8 Å². The molecule has 0 radical (unpaired) electrons. The first-order valence-corrected chi connectivity index (χ1v) is 10.9. The number of methoxy groups -OCH3 is 1. The van der Waals surface area contributed by atoms with E-state index in [2.05, 4.69) is 39.0 Å². The molecular weight excluding hydrogens is 376 g/mol. The van der Waals surface area contributed by atoms with Gasteiger partial charge in [0.1, 0.15) is 16.8 Å². The summed E-state index contributed by atoms with van der Waals surface area (Å²) in [5, 5.41) is 12.8. The van der Waals surface area contributed by atoms with E-state index >= 15 is 0 Å². The lowest BCUT2D eigenvalue weighted by molar-refractivity contribution is 0.218. The lowest BCUT2D eigenvalue weighted by atomic mass is 9.72. The molecular formula is C25H26N2OS. The molecule has 3 aromatic rings. The predicted octanol–water partition coefficient (Wildman–Crippen LogP) is 6.68. The fourth-order valence-electron chi connectivity index (χ4n) is 4.23. The van der Waals surface area contributed by atoms with Gasteiger partial charge in [-0.15, -0.1) is 11.3 Å². The van der Waals surface area contributed by atoms with Crippen LogP contribution in [0.3, 0.4) is 0 Å². The summed E-state index contributed by atoms with van der Waals surface area (Å²) in [7, 11) is 1.69. The Morgan fingerprint density at radius 2 is 1.93 bits per heavy atom. The third-order valence-corrected chi connectivity index (χ3v) is 7.20. The zero-order chi connectivity index (χ0) is 20.6. The lowest BCUT2D eigenvalue weighted by Gasteiger charge is -2.33. The number of aliphatic imine (C=N–C) groups is 1. The molecule has 4 rings (SSSR count). The highest BCUT2D eigenvalue weighted by atomic mass is 32.1. The van der Waals surface area contributed by atoms with E-state index in [4.69, 9.17) is 9.73 Å². The number of benzene rings is 2. The Kier molecular flexibility index (Phi) is 5.19. The quantitative estimate of drug-likeness (QED) is 0.459. The fraction of sp³-hybridized carbons (Fsp3) is 0.360. The average Bonchev–Trinajstić information content (AvgIpc) is 3.08. The summed E-state index contributed by atoms with van der Waals surface area (Å²) in [6.07, 6.45) is 5.08. The third-order valence-electron chi connectivity index (χ3n) is 6.04. The molecule has 1 aliphatic rings. The molecule has 4 heteroatoms. The Bertz CT molecular complexity index is 1130. The van der Waals surface area contributed by atoms with Gasteiger partial charge in [0, 0.05) is 22.0 Å². The molecule has 0 saturated carbocycles. The van der Waals surface area contributed by atoms with E-state index in [1.54, 1.807) is 18.4 Å². The van der Waals surface area contributed by atoms with Gasteiger partial charge in [0.25, 0.3) is 0 Å². The molecule has 1 atom stereocenters. The highest BCUT2D eigenvalue weighted by Crippen LogP contribution is 2.45. The number of hydrogen-bond donors (Lipinski definition) is 0. The molecule has 1 aliphatic carbocycles. The fourth-order valence-corrected chi connectivity index (χ4v) is 5.45. The van der Waals surface area contributed by atoms with E-state index < -0.39 is 0 Å². The van der Waals surface area contributed by atoms with Gasteiger partial charge in [-0.05, 0) is 53.7 Å². The largest absolute Gasteiger partial charge is 0.496 e. The van der Waals surface area contributed by atoms with Crippen LogP contribution in [0, 0.1) is 22.7 Å². The summed E-state index contributed by atoms with van der Waals surface area (Å²) < 4.78 is 5.49. The third kappa shape index (κ3) is 3.68. The molecule has 0 aliphatic heterocycles. The van der Waals surface area contributed by atoms with Crippen LogP contribution < -0.4 is 4.74 Å². The van der Waals surface area contributed by atoms with Crippen molar-refractivity contribution < 1.29 is 4.74 Å². The second-order valence-corrected chi connectivity index (χ2v) is 9.85. The highest BCUT2D eigenvalue weighted by molar-refractivity contribution is 7.16. The Morgan fingerprint density at radius 1 is 1.17 bits per heavy atom. The average molecular weight is 403 g/mol.